The highest BCUT2D eigenvalue weighted by atomic mass is 32.1. The fraction of sp³-hybridized carbons (Fsp3) is 0.375. The van der Waals surface area contributed by atoms with Crippen LogP contribution in [0.15, 0.2) is 18.3 Å². The van der Waals surface area contributed by atoms with Gasteiger partial charge in [-0.3, -0.25) is 0 Å². The summed E-state index contributed by atoms with van der Waals surface area (Å²) in [4.78, 5) is 2.86. The van der Waals surface area contributed by atoms with Gasteiger partial charge in [0.15, 0.2) is 0 Å². The van der Waals surface area contributed by atoms with Crippen LogP contribution in [0.1, 0.15) is 12.5 Å². The van der Waals surface area contributed by atoms with Crippen LogP contribution in [0.2, 0.25) is 0 Å². The maximum absolute atomic E-state index is 8.99. The highest BCUT2D eigenvalue weighted by Crippen LogP contribution is 2.16. The molecule has 0 saturated heterocycles. The highest BCUT2D eigenvalue weighted by molar-refractivity contribution is 7.71. The lowest BCUT2D eigenvalue weighted by Gasteiger charge is -2.21. The minimum atomic E-state index is -0.755. The van der Waals surface area contributed by atoms with Crippen LogP contribution in [0.3, 0.4) is 0 Å². The monoisotopic (exact) mass is 184 g/mol. The Labute approximate surface area is 76.2 Å². The van der Waals surface area contributed by atoms with Crippen molar-refractivity contribution in [1.29, 1.82) is 0 Å². The molecule has 0 radical (unpaired) electrons. The molecule has 0 bridgehead atoms. The van der Waals surface area contributed by atoms with Crippen molar-refractivity contribution in [2.75, 3.05) is 6.61 Å². The number of hydrogen-bond acceptors (Lipinski definition) is 3. The Kier molecular flexibility index (Phi) is 2.62. The number of aromatic amines is 1. The van der Waals surface area contributed by atoms with Gasteiger partial charge in [-0.2, -0.15) is 0 Å². The van der Waals surface area contributed by atoms with E-state index in [1.807, 2.05) is 12.1 Å². The number of nitrogens with one attached hydrogen (secondary N) is 1. The van der Waals surface area contributed by atoms with Gasteiger partial charge in [0.2, 0.25) is 0 Å². The maximum Gasteiger partial charge on any atom is 0.108 e. The largest absolute Gasteiger partial charge is 0.394 e. The zero-order valence-electron chi connectivity index (χ0n) is 6.87. The SMILES string of the molecule is CC(N)(CO)c1ccc[nH]c1=S. The predicted molar refractivity (Wildman–Crippen MR) is 50.3 cm³/mol. The van der Waals surface area contributed by atoms with E-state index in [1.165, 1.54) is 0 Å². The molecule has 0 spiro atoms. The fourth-order valence-electron chi connectivity index (χ4n) is 0.956. The van der Waals surface area contributed by atoms with Crippen LogP contribution in [0, 0.1) is 4.64 Å². The van der Waals surface area contributed by atoms with Crippen molar-refractivity contribution < 1.29 is 5.11 Å². The lowest BCUT2D eigenvalue weighted by Crippen LogP contribution is -2.37. The van der Waals surface area contributed by atoms with Gasteiger partial charge in [0.05, 0.1) is 12.1 Å². The topological polar surface area (TPSA) is 62.0 Å². The molecule has 3 nitrogen and oxygen atoms in total. The quantitative estimate of drug-likeness (QED) is 0.599. The van der Waals surface area contributed by atoms with Gasteiger partial charge in [-0.25, -0.2) is 0 Å². The number of nitrogens with two attached hydrogens (primary N) is 1. The summed E-state index contributed by atoms with van der Waals surface area (Å²) >= 11 is 5.02. The van der Waals surface area contributed by atoms with Crippen LogP contribution < -0.4 is 5.73 Å². The van der Waals surface area contributed by atoms with Crippen LogP contribution in [0.4, 0.5) is 0 Å². The molecule has 12 heavy (non-hydrogen) atoms. The number of pyridine rings is 1. The molecular weight excluding hydrogens is 172 g/mol. The molecule has 4 heteroatoms. The predicted octanol–water partition coefficient (Wildman–Crippen LogP) is 0.910. The van der Waals surface area contributed by atoms with Crippen LogP contribution in [-0.2, 0) is 5.54 Å². The van der Waals surface area contributed by atoms with E-state index in [4.69, 9.17) is 23.1 Å². The highest BCUT2D eigenvalue weighted by Gasteiger charge is 2.20. The van der Waals surface area contributed by atoms with Gasteiger partial charge in [-0.15, -0.1) is 0 Å². The van der Waals surface area contributed by atoms with Crippen molar-refractivity contribution in [1.82, 2.24) is 4.98 Å². The minimum Gasteiger partial charge on any atom is -0.394 e. The van der Waals surface area contributed by atoms with E-state index in [1.54, 1.807) is 13.1 Å². The van der Waals surface area contributed by atoms with Crippen molar-refractivity contribution in [3.8, 4) is 0 Å². The van der Waals surface area contributed by atoms with E-state index in [0.717, 1.165) is 5.56 Å². The first kappa shape index (κ1) is 9.38. The Morgan fingerprint density at radius 1 is 1.75 bits per heavy atom. The molecule has 0 aliphatic carbocycles. The second kappa shape index (κ2) is 3.35. The van der Waals surface area contributed by atoms with Gasteiger partial charge in [-0.1, -0.05) is 18.3 Å². The third kappa shape index (κ3) is 1.72. The number of rotatable bonds is 2. The number of aromatic nitrogens is 1. The van der Waals surface area contributed by atoms with E-state index in [0.29, 0.717) is 4.64 Å². The molecule has 1 unspecified atom stereocenters. The Morgan fingerprint density at radius 3 is 2.92 bits per heavy atom. The Hall–Kier alpha value is -0.710. The second-order valence-corrected chi connectivity index (χ2v) is 3.40. The summed E-state index contributed by atoms with van der Waals surface area (Å²) in [5.41, 5.74) is 5.81. The van der Waals surface area contributed by atoms with Crippen LogP contribution in [-0.4, -0.2) is 16.7 Å². The van der Waals surface area contributed by atoms with Crippen molar-refractivity contribution in [2.45, 2.75) is 12.5 Å². The molecular formula is C8H12N2OS. The molecule has 0 fully saturated rings. The smallest absolute Gasteiger partial charge is 0.108 e. The molecule has 0 saturated carbocycles. The second-order valence-electron chi connectivity index (χ2n) is 2.99. The summed E-state index contributed by atoms with van der Waals surface area (Å²) in [6, 6.07) is 3.63. The lowest BCUT2D eigenvalue weighted by molar-refractivity contribution is 0.209. The molecule has 1 atom stereocenters. The molecule has 0 aliphatic heterocycles. The van der Waals surface area contributed by atoms with Gasteiger partial charge >= 0.3 is 0 Å². The summed E-state index contributed by atoms with van der Waals surface area (Å²) < 4.78 is 0.580. The summed E-state index contributed by atoms with van der Waals surface area (Å²) in [6.07, 6.45) is 1.74. The van der Waals surface area contributed by atoms with Gasteiger partial charge in [0, 0.05) is 11.8 Å². The molecule has 1 aromatic rings. The maximum atomic E-state index is 8.99. The van der Waals surface area contributed by atoms with E-state index in [2.05, 4.69) is 4.98 Å². The molecule has 0 amide bonds. The first-order chi connectivity index (χ1) is 5.58. The van der Waals surface area contributed by atoms with E-state index < -0.39 is 5.54 Å². The molecule has 0 aromatic carbocycles. The average molecular weight is 184 g/mol. The fourth-order valence-corrected chi connectivity index (χ4v) is 1.33. The summed E-state index contributed by atoms with van der Waals surface area (Å²) in [5, 5.41) is 8.99. The zero-order valence-corrected chi connectivity index (χ0v) is 7.69. The van der Waals surface area contributed by atoms with Gasteiger partial charge in [-0.05, 0) is 13.0 Å². The van der Waals surface area contributed by atoms with Gasteiger partial charge in [0.25, 0.3) is 0 Å². The summed E-state index contributed by atoms with van der Waals surface area (Å²) in [5.74, 6) is 0. The van der Waals surface area contributed by atoms with Crippen molar-refractivity contribution in [3.63, 3.8) is 0 Å². The van der Waals surface area contributed by atoms with E-state index >= 15 is 0 Å². The third-order valence-corrected chi connectivity index (χ3v) is 2.10. The zero-order chi connectivity index (χ0) is 9.19. The normalized spacial score (nSPS) is 15.6. The van der Waals surface area contributed by atoms with Crippen LogP contribution in [0.25, 0.3) is 0 Å². The van der Waals surface area contributed by atoms with E-state index in [9.17, 15) is 0 Å². The van der Waals surface area contributed by atoms with Gasteiger partial charge < -0.3 is 15.8 Å². The first-order valence-corrected chi connectivity index (χ1v) is 4.06. The Morgan fingerprint density at radius 2 is 2.42 bits per heavy atom. The van der Waals surface area contributed by atoms with E-state index in [-0.39, 0.29) is 6.61 Å². The molecule has 1 rings (SSSR count). The Bertz CT molecular complexity index is 319. The van der Waals surface area contributed by atoms with Crippen LogP contribution in [0.5, 0.6) is 0 Å². The number of hydrogen-bond donors (Lipinski definition) is 3. The van der Waals surface area contributed by atoms with Crippen molar-refractivity contribution >= 4 is 12.2 Å². The molecule has 1 heterocycles. The Balaban J connectivity index is 3.20. The molecule has 0 aliphatic rings. The number of H-pyrrole nitrogens is 1. The standard InChI is InChI=1S/C8H12N2OS/c1-8(9,5-11)6-3-2-4-10-7(6)12/h2-4,11H,5,9H2,1H3,(H,10,12). The van der Waals surface area contributed by atoms with Crippen LogP contribution >= 0.6 is 12.2 Å². The van der Waals surface area contributed by atoms with Gasteiger partial charge in [0.1, 0.15) is 4.64 Å². The molecule has 1 aromatic heterocycles. The summed E-state index contributed by atoms with van der Waals surface area (Å²) in [7, 11) is 0. The lowest BCUT2D eigenvalue weighted by atomic mass is 9.96. The first-order valence-electron chi connectivity index (χ1n) is 3.66. The third-order valence-electron chi connectivity index (χ3n) is 1.76. The molecule has 4 N–H and O–H groups in total. The minimum absolute atomic E-state index is 0.117. The summed E-state index contributed by atoms with van der Waals surface area (Å²) in [6.45, 7) is 1.63. The van der Waals surface area contributed by atoms with Crippen molar-refractivity contribution in [3.05, 3.63) is 28.5 Å². The average Bonchev–Trinajstić information content (AvgIpc) is 2.05. The number of aliphatic hydroxyl groups excluding tert-OH is 1. The molecule has 66 valence electrons. The number of aliphatic hydroxyl groups is 1. The van der Waals surface area contributed by atoms with Crippen molar-refractivity contribution in [2.24, 2.45) is 5.73 Å².